The number of nitrogens with one attached hydrogen (secondary N) is 1. The van der Waals surface area contributed by atoms with Gasteiger partial charge in [0.25, 0.3) is 6.43 Å². The number of ether oxygens (including phenoxy) is 1. The average molecular weight is 202 g/mol. The van der Waals surface area contributed by atoms with E-state index in [0.717, 1.165) is 5.56 Å². The van der Waals surface area contributed by atoms with Crippen molar-refractivity contribution in [1.29, 1.82) is 0 Å². The topological polar surface area (TPSA) is 47.3 Å². The fourth-order valence-corrected chi connectivity index (χ4v) is 1.05. The largest absolute Gasteiger partial charge is 0.487 e. The molecule has 0 heterocycles. The Morgan fingerprint density at radius 1 is 1.50 bits per heavy atom. The van der Waals surface area contributed by atoms with Crippen molar-refractivity contribution in [3.05, 3.63) is 23.8 Å². The lowest BCUT2D eigenvalue weighted by atomic mass is 10.2. The molecule has 78 valence electrons. The number of anilines is 1. The molecule has 0 atom stereocenters. The van der Waals surface area contributed by atoms with Crippen LogP contribution >= 0.6 is 0 Å². The summed E-state index contributed by atoms with van der Waals surface area (Å²) in [5, 5.41) is 0. The van der Waals surface area contributed by atoms with E-state index in [1.165, 1.54) is 0 Å². The van der Waals surface area contributed by atoms with Gasteiger partial charge in [-0.05, 0) is 30.7 Å². The van der Waals surface area contributed by atoms with Crippen molar-refractivity contribution >= 4 is 5.69 Å². The SMILES string of the molecule is Cc1cc(NN)ccc1OCC(F)F. The fraction of sp³-hybridized carbons (Fsp3) is 0.333. The summed E-state index contributed by atoms with van der Waals surface area (Å²) in [4.78, 5) is 0. The van der Waals surface area contributed by atoms with E-state index in [4.69, 9.17) is 10.6 Å². The highest BCUT2D eigenvalue weighted by Crippen LogP contribution is 2.21. The van der Waals surface area contributed by atoms with Crippen molar-refractivity contribution in [2.75, 3.05) is 12.0 Å². The number of hydrazine groups is 1. The first-order valence-corrected chi connectivity index (χ1v) is 4.11. The summed E-state index contributed by atoms with van der Waals surface area (Å²) in [5.74, 6) is 5.63. The Hall–Kier alpha value is -1.36. The standard InChI is InChI=1S/C9H12F2N2O/c1-6-4-7(13-12)2-3-8(6)14-5-9(10)11/h2-4,9,13H,5,12H2,1H3. The molecular weight excluding hydrogens is 190 g/mol. The van der Waals surface area contributed by atoms with Gasteiger partial charge >= 0.3 is 0 Å². The highest BCUT2D eigenvalue weighted by molar-refractivity contribution is 5.49. The van der Waals surface area contributed by atoms with E-state index < -0.39 is 13.0 Å². The van der Waals surface area contributed by atoms with Crippen LogP contribution in [0.25, 0.3) is 0 Å². The van der Waals surface area contributed by atoms with Crippen LogP contribution in [-0.4, -0.2) is 13.0 Å². The van der Waals surface area contributed by atoms with E-state index in [0.29, 0.717) is 11.4 Å². The van der Waals surface area contributed by atoms with Crippen LogP contribution in [0.3, 0.4) is 0 Å². The minimum atomic E-state index is -2.46. The van der Waals surface area contributed by atoms with Crippen molar-refractivity contribution < 1.29 is 13.5 Å². The van der Waals surface area contributed by atoms with Gasteiger partial charge in [0.1, 0.15) is 12.4 Å². The molecule has 3 N–H and O–H groups in total. The van der Waals surface area contributed by atoms with Crippen LogP contribution < -0.4 is 16.0 Å². The summed E-state index contributed by atoms with van der Waals surface area (Å²) in [5.41, 5.74) is 3.94. The first kappa shape index (κ1) is 10.7. The number of benzene rings is 1. The number of halogens is 2. The average Bonchev–Trinajstić information content (AvgIpc) is 2.15. The van der Waals surface area contributed by atoms with Gasteiger partial charge in [-0.25, -0.2) is 8.78 Å². The van der Waals surface area contributed by atoms with Crippen molar-refractivity contribution in [2.24, 2.45) is 5.84 Å². The monoisotopic (exact) mass is 202 g/mol. The van der Waals surface area contributed by atoms with Crippen LogP contribution in [0.2, 0.25) is 0 Å². The van der Waals surface area contributed by atoms with Crippen LogP contribution in [0.15, 0.2) is 18.2 Å². The van der Waals surface area contributed by atoms with Crippen molar-refractivity contribution in [3.8, 4) is 5.75 Å². The lowest BCUT2D eigenvalue weighted by molar-refractivity contribution is 0.0816. The molecule has 0 fully saturated rings. The molecule has 0 aliphatic rings. The molecule has 0 saturated heterocycles. The van der Waals surface area contributed by atoms with Crippen molar-refractivity contribution in [3.63, 3.8) is 0 Å². The Kier molecular flexibility index (Phi) is 3.64. The molecule has 0 bridgehead atoms. The second-order valence-corrected chi connectivity index (χ2v) is 2.83. The summed E-state index contributed by atoms with van der Waals surface area (Å²) in [6.45, 7) is 1.18. The van der Waals surface area contributed by atoms with Gasteiger partial charge in [-0.2, -0.15) is 0 Å². The number of rotatable bonds is 4. The molecule has 0 amide bonds. The molecule has 0 radical (unpaired) electrons. The van der Waals surface area contributed by atoms with E-state index in [2.05, 4.69) is 5.43 Å². The second-order valence-electron chi connectivity index (χ2n) is 2.83. The van der Waals surface area contributed by atoms with Crippen LogP contribution in [0, 0.1) is 6.92 Å². The molecule has 1 rings (SSSR count). The maximum atomic E-state index is 11.8. The quantitative estimate of drug-likeness (QED) is 0.579. The maximum absolute atomic E-state index is 11.8. The summed E-state index contributed by atoms with van der Waals surface area (Å²) >= 11 is 0. The number of aryl methyl sites for hydroxylation is 1. The highest BCUT2D eigenvalue weighted by atomic mass is 19.3. The second kappa shape index (κ2) is 4.76. The van der Waals surface area contributed by atoms with Crippen LogP contribution in [-0.2, 0) is 0 Å². The Morgan fingerprint density at radius 2 is 2.21 bits per heavy atom. The van der Waals surface area contributed by atoms with Gasteiger partial charge in [0.2, 0.25) is 0 Å². The Balaban J connectivity index is 2.69. The van der Waals surface area contributed by atoms with Gasteiger partial charge in [0, 0.05) is 5.69 Å². The third-order valence-corrected chi connectivity index (χ3v) is 1.71. The van der Waals surface area contributed by atoms with Crippen LogP contribution in [0.5, 0.6) is 5.75 Å². The molecule has 14 heavy (non-hydrogen) atoms. The van der Waals surface area contributed by atoms with Crippen molar-refractivity contribution in [1.82, 2.24) is 0 Å². The summed E-state index contributed by atoms with van der Waals surface area (Å²) in [6.07, 6.45) is -2.46. The number of hydrogen-bond acceptors (Lipinski definition) is 3. The minimum Gasteiger partial charge on any atom is -0.487 e. The Morgan fingerprint density at radius 3 is 2.71 bits per heavy atom. The molecule has 0 aromatic heterocycles. The molecule has 0 aliphatic carbocycles. The molecular formula is C9H12F2N2O. The predicted molar refractivity (Wildman–Crippen MR) is 50.5 cm³/mol. The van der Waals surface area contributed by atoms with E-state index in [1.807, 2.05) is 0 Å². The van der Waals surface area contributed by atoms with Crippen molar-refractivity contribution in [2.45, 2.75) is 13.3 Å². The third kappa shape index (κ3) is 2.85. The van der Waals surface area contributed by atoms with Gasteiger partial charge < -0.3 is 10.2 Å². The zero-order chi connectivity index (χ0) is 10.6. The molecule has 1 aromatic rings. The molecule has 5 heteroatoms. The zero-order valence-corrected chi connectivity index (χ0v) is 7.76. The number of nitrogens with two attached hydrogens (primary N) is 1. The molecule has 0 aliphatic heterocycles. The van der Waals surface area contributed by atoms with Gasteiger partial charge in [-0.15, -0.1) is 0 Å². The molecule has 1 aromatic carbocycles. The number of nitrogen functional groups attached to an aromatic ring is 1. The third-order valence-electron chi connectivity index (χ3n) is 1.71. The van der Waals surface area contributed by atoms with Gasteiger partial charge in [0.05, 0.1) is 0 Å². The van der Waals surface area contributed by atoms with E-state index in [1.54, 1.807) is 25.1 Å². The minimum absolute atomic E-state index is 0.448. The van der Waals surface area contributed by atoms with Gasteiger partial charge in [-0.3, -0.25) is 5.84 Å². The van der Waals surface area contributed by atoms with E-state index in [-0.39, 0.29) is 0 Å². The number of alkyl halides is 2. The van der Waals surface area contributed by atoms with Gasteiger partial charge in [-0.1, -0.05) is 0 Å². The number of hydrogen-bond donors (Lipinski definition) is 2. The smallest absolute Gasteiger partial charge is 0.272 e. The Labute approximate surface area is 80.8 Å². The molecule has 0 unspecified atom stereocenters. The summed E-state index contributed by atoms with van der Waals surface area (Å²) < 4.78 is 28.6. The first-order chi connectivity index (χ1) is 6.63. The van der Waals surface area contributed by atoms with Crippen LogP contribution in [0.4, 0.5) is 14.5 Å². The fourth-order valence-electron chi connectivity index (χ4n) is 1.05. The molecule has 3 nitrogen and oxygen atoms in total. The van der Waals surface area contributed by atoms with Gasteiger partial charge in [0.15, 0.2) is 0 Å². The Bertz CT molecular complexity index is 305. The van der Waals surface area contributed by atoms with E-state index >= 15 is 0 Å². The normalized spacial score (nSPS) is 10.4. The molecule has 0 saturated carbocycles. The lowest BCUT2D eigenvalue weighted by Gasteiger charge is -2.09. The first-order valence-electron chi connectivity index (χ1n) is 4.11. The maximum Gasteiger partial charge on any atom is 0.272 e. The molecule has 0 spiro atoms. The summed E-state index contributed by atoms with van der Waals surface area (Å²) in [7, 11) is 0. The lowest BCUT2D eigenvalue weighted by Crippen LogP contribution is -2.09. The predicted octanol–water partition coefficient (Wildman–Crippen LogP) is 1.92. The summed E-state index contributed by atoms with van der Waals surface area (Å²) in [6, 6.07) is 4.99. The highest BCUT2D eigenvalue weighted by Gasteiger charge is 2.05. The zero-order valence-electron chi connectivity index (χ0n) is 7.76. The van der Waals surface area contributed by atoms with E-state index in [9.17, 15) is 8.78 Å². The van der Waals surface area contributed by atoms with Crippen LogP contribution in [0.1, 0.15) is 5.56 Å².